The summed E-state index contributed by atoms with van der Waals surface area (Å²) >= 11 is 13.1. The molecule has 0 atom stereocenters. The van der Waals surface area contributed by atoms with Gasteiger partial charge in [-0.2, -0.15) is 0 Å². The second-order valence-corrected chi connectivity index (χ2v) is 9.85. The van der Waals surface area contributed by atoms with E-state index in [0.29, 0.717) is 15.9 Å². The van der Waals surface area contributed by atoms with Crippen molar-refractivity contribution in [2.75, 3.05) is 6.26 Å². The van der Waals surface area contributed by atoms with Gasteiger partial charge in [-0.05, 0) is 60.0 Å². The van der Waals surface area contributed by atoms with Gasteiger partial charge in [0.1, 0.15) is 5.82 Å². The van der Waals surface area contributed by atoms with Crippen LogP contribution in [0.2, 0.25) is 10.0 Å². The van der Waals surface area contributed by atoms with Gasteiger partial charge in [-0.15, -0.1) is 0 Å². The lowest BCUT2D eigenvalue weighted by Crippen LogP contribution is -2.01. The van der Waals surface area contributed by atoms with Crippen molar-refractivity contribution in [3.8, 4) is 28.2 Å². The standard InChI is InChI=1S/C23H18Cl2N2O2S/c1-15-12-17(16-6-5-7-18(13-16)30(2,28)29)14-21(25)22(15)27-11-10-26-23(27)19-8-3-4-9-20(19)24/h3-14H,1-2H3. The van der Waals surface area contributed by atoms with Crippen molar-refractivity contribution in [1.29, 1.82) is 0 Å². The molecule has 0 unspecified atom stereocenters. The highest BCUT2D eigenvalue weighted by atomic mass is 35.5. The molecule has 0 spiro atoms. The molecule has 30 heavy (non-hydrogen) atoms. The van der Waals surface area contributed by atoms with E-state index in [0.717, 1.165) is 27.9 Å². The number of halogens is 2. The number of hydrogen-bond acceptors (Lipinski definition) is 3. The van der Waals surface area contributed by atoms with E-state index in [-0.39, 0.29) is 4.90 Å². The Kier molecular flexibility index (Phi) is 5.45. The van der Waals surface area contributed by atoms with Crippen LogP contribution >= 0.6 is 23.2 Å². The molecule has 4 nitrogen and oxygen atoms in total. The van der Waals surface area contributed by atoms with Gasteiger partial charge in [0.25, 0.3) is 0 Å². The van der Waals surface area contributed by atoms with Gasteiger partial charge >= 0.3 is 0 Å². The molecule has 3 aromatic carbocycles. The van der Waals surface area contributed by atoms with Crippen LogP contribution in [0.25, 0.3) is 28.2 Å². The highest BCUT2D eigenvalue weighted by molar-refractivity contribution is 7.90. The third kappa shape index (κ3) is 3.88. The smallest absolute Gasteiger partial charge is 0.175 e. The van der Waals surface area contributed by atoms with Crippen LogP contribution in [0.4, 0.5) is 0 Å². The Hall–Kier alpha value is -2.60. The van der Waals surface area contributed by atoms with Crippen LogP contribution in [0.1, 0.15) is 5.56 Å². The van der Waals surface area contributed by atoms with Crippen LogP contribution in [0.15, 0.2) is 78.0 Å². The molecule has 4 aromatic rings. The maximum atomic E-state index is 11.9. The van der Waals surface area contributed by atoms with E-state index in [9.17, 15) is 8.42 Å². The van der Waals surface area contributed by atoms with E-state index in [1.165, 1.54) is 6.26 Å². The number of aryl methyl sites for hydroxylation is 1. The van der Waals surface area contributed by atoms with Crippen molar-refractivity contribution in [2.24, 2.45) is 0 Å². The molecule has 0 aliphatic carbocycles. The molecule has 0 saturated carbocycles. The number of sulfone groups is 1. The zero-order valence-electron chi connectivity index (χ0n) is 16.3. The van der Waals surface area contributed by atoms with Crippen molar-refractivity contribution >= 4 is 33.0 Å². The van der Waals surface area contributed by atoms with Crippen molar-refractivity contribution in [1.82, 2.24) is 9.55 Å². The Labute approximate surface area is 185 Å². The zero-order chi connectivity index (χ0) is 21.5. The molecule has 0 bridgehead atoms. The first-order valence-corrected chi connectivity index (χ1v) is 11.8. The largest absolute Gasteiger partial charge is 0.298 e. The van der Waals surface area contributed by atoms with E-state index in [2.05, 4.69) is 4.98 Å². The fraction of sp³-hybridized carbons (Fsp3) is 0.0870. The zero-order valence-corrected chi connectivity index (χ0v) is 18.6. The van der Waals surface area contributed by atoms with Crippen molar-refractivity contribution < 1.29 is 8.42 Å². The Morgan fingerprint density at radius 3 is 2.37 bits per heavy atom. The lowest BCUT2D eigenvalue weighted by Gasteiger charge is -2.16. The fourth-order valence-electron chi connectivity index (χ4n) is 3.44. The molecule has 0 radical (unpaired) electrons. The molecule has 7 heteroatoms. The third-order valence-corrected chi connectivity index (χ3v) is 6.57. The first kappa shape index (κ1) is 20.7. The third-order valence-electron chi connectivity index (χ3n) is 4.85. The van der Waals surface area contributed by atoms with Crippen LogP contribution in [-0.2, 0) is 9.84 Å². The minimum Gasteiger partial charge on any atom is -0.298 e. The van der Waals surface area contributed by atoms with E-state index >= 15 is 0 Å². The van der Waals surface area contributed by atoms with Crippen molar-refractivity contribution in [3.63, 3.8) is 0 Å². The Bertz CT molecular complexity index is 1340. The monoisotopic (exact) mass is 456 g/mol. The van der Waals surface area contributed by atoms with Crippen LogP contribution in [-0.4, -0.2) is 24.2 Å². The molecule has 4 rings (SSSR count). The van der Waals surface area contributed by atoms with Gasteiger partial charge in [0.15, 0.2) is 9.84 Å². The maximum Gasteiger partial charge on any atom is 0.175 e. The second-order valence-electron chi connectivity index (χ2n) is 7.02. The summed E-state index contributed by atoms with van der Waals surface area (Å²) in [4.78, 5) is 4.75. The minimum absolute atomic E-state index is 0.272. The summed E-state index contributed by atoms with van der Waals surface area (Å²) in [6, 6.07) is 18.2. The summed E-state index contributed by atoms with van der Waals surface area (Å²) in [5.41, 5.74) is 4.16. The van der Waals surface area contributed by atoms with Gasteiger partial charge < -0.3 is 0 Å². The average Bonchev–Trinajstić information content (AvgIpc) is 3.16. The molecular formula is C23H18Cl2N2O2S. The number of rotatable bonds is 4. The van der Waals surface area contributed by atoms with Gasteiger partial charge in [0, 0.05) is 24.2 Å². The summed E-state index contributed by atoms with van der Waals surface area (Å²) < 4.78 is 25.7. The SMILES string of the molecule is Cc1cc(-c2cccc(S(C)(=O)=O)c2)cc(Cl)c1-n1ccnc1-c1ccccc1Cl. The Morgan fingerprint density at radius 2 is 1.67 bits per heavy atom. The summed E-state index contributed by atoms with van der Waals surface area (Å²) in [5, 5.41) is 1.13. The first-order chi connectivity index (χ1) is 14.3. The minimum atomic E-state index is -3.30. The molecule has 0 aliphatic rings. The van der Waals surface area contributed by atoms with Crippen LogP contribution in [0.5, 0.6) is 0 Å². The molecule has 0 amide bonds. The molecule has 0 aliphatic heterocycles. The number of aromatic nitrogens is 2. The molecule has 0 N–H and O–H groups in total. The quantitative estimate of drug-likeness (QED) is 0.365. The Morgan fingerprint density at radius 1 is 0.900 bits per heavy atom. The summed E-state index contributed by atoms with van der Waals surface area (Å²) in [6.45, 7) is 1.96. The Balaban J connectivity index is 1.84. The van der Waals surface area contributed by atoms with E-state index in [4.69, 9.17) is 23.2 Å². The topological polar surface area (TPSA) is 52.0 Å². The lowest BCUT2D eigenvalue weighted by molar-refractivity contribution is 0.602. The number of benzene rings is 3. The number of imidazole rings is 1. The van der Waals surface area contributed by atoms with Gasteiger partial charge in [0.05, 0.1) is 20.6 Å². The molecule has 1 heterocycles. The molecular weight excluding hydrogens is 439 g/mol. The summed E-state index contributed by atoms with van der Waals surface area (Å²) in [7, 11) is -3.30. The summed E-state index contributed by atoms with van der Waals surface area (Å²) in [5.74, 6) is 0.692. The first-order valence-electron chi connectivity index (χ1n) is 9.15. The molecule has 0 fully saturated rings. The van der Waals surface area contributed by atoms with Crippen LogP contribution in [0.3, 0.4) is 0 Å². The fourth-order valence-corrected chi connectivity index (χ4v) is 4.68. The van der Waals surface area contributed by atoms with Crippen molar-refractivity contribution in [2.45, 2.75) is 11.8 Å². The van der Waals surface area contributed by atoms with Gasteiger partial charge in [-0.3, -0.25) is 4.57 Å². The average molecular weight is 457 g/mol. The predicted octanol–water partition coefficient (Wildman–Crippen LogP) is 6.23. The van der Waals surface area contributed by atoms with E-state index < -0.39 is 9.84 Å². The maximum absolute atomic E-state index is 11.9. The number of hydrogen-bond donors (Lipinski definition) is 0. The molecule has 1 aromatic heterocycles. The van der Waals surface area contributed by atoms with Gasteiger partial charge in [-0.1, -0.05) is 47.5 Å². The predicted molar refractivity (Wildman–Crippen MR) is 122 cm³/mol. The highest BCUT2D eigenvalue weighted by Gasteiger charge is 2.17. The van der Waals surface area contributed by atoms with Gasteiger partial charge in [0.2, 0.25) is 0 Å². The molecule has 0 saturated heterocycles. The van der Waals surface area contributed by atoms with Gasteiger partial charge in [-0.25, -0.2) is 13.4 Å². The second kappa shape index (κ2) is 7.91. The highest BCUT2D eigenvalue weighted by Crippen LogP contribution is 2.35. The lowest BCUT2D eigenvalue weighted by atomic mass is 10.0. The van der Waals surface area contributed by atoms with Crippen LogP contribution in [0, 0.1) is 6.92 Å². The van der Waals surface area contributed by atoms with E-state index in [1.54, 1.807) is 24.4 Å². The summed E-state index contributed by atoms with van der Waals surface area (Å²) in [6.07, 6.45) is 4.75. The number of nitrogens with zero attached hydrogens (tertiary/aromatic N) is 2. The van der Waals surface area contributed by atoms with Crippen molar-refractivity contribution in [3.05, 3.63) is 88.7 Å². The normalized spacial score (nSPS) is 11.6. The van der Waals surface area contributed by atoms with E-state index in [1.807, 2.05) is 60.2 Å². The molecule has 152 valence electrons. The van der Waals surface area contributed by atoms with Crippen LogP contribution < -0.4 is 0 Å².